The van der Waals surface area contributed by atoms with Gasteiger partial charge in [0.1, 0.15) is 5.82 Å². The maximum absolute atomic E-state index is 13.2. The van der Waals surface area contributed by atoms with E-state index in [-0.39, 0.29) is 22.5 Å². The first kappa shape index (κ1) is 20.4. The fourth-order valence-corrected chi connectivity index (χ4v) is 3.51. The molecule has 0 atom stereocenters. The lowest BCUT2D eigenvalue weighted by atomic mass is 10.2. The summed E-state index contributed by atoms with van der Waals surface area (Å²) >= 11 is 13.3. The zero-order valence-corrected chi connectivity index (χ0v) is 16.9. The lowest BCUT2D eigenvalue weighted by Crippen LogP contribution is -2.15. The topological polar surface area (TPSA) is 59.8 Å². The number of carbonyl (C=O) groups excluding carboxylic acids is 1. The smallest absolute Gasteiger partial charge is 0.234 e. The molecule has 28 heavy (non-hydrogen) atoms. The molecule has 1 amide bonds. The van der Waals surface area contributed by atoms with E-state index in [1.165, 1.54) is 23.9 Å². The van der Waals surface area contributed by atoms with Gasteiger partial charge in [-0.05, 0) is 36.4 Å². The Balaban J connectivity index is 1.73. The summed E-state index contributed by atoms with van der Waals surface area (Å²) in [6.07, 6.45) is 1.70. The molecule has 0 aliphatic rings. The number of benzene rings is 2. The van der Waals surface area contributed by atoms with Gasteiger partial charge in [0.25, 0.3) is 0 Å². The van der Waals surface area contributed by atoms with Crippen LogP contribution in [0.4, 0.5) is 10.1 Å². The first-order valence-electron chi connectivity index (χ1n) is 8.16. The molecular formula is C19H15Cl2FN4OS. The fraction of sp³-hybridized carbons (Fsp3) is 0.105. The third-order valence-corrected chi connectivity index (χ3v) is 5.47. The van der Waals surface area contributed by atoms with Gasteiger partial charge < -0.3 is 5.32 Å². The Kier molecular flexibility index (Phi) is 6.72. The number of anilines is 1. The van der Waals surface area contributed by atoms with Gasteiger partial charge in [-0.15, -0.1) is 16.8 Å². The summed E-state index contributed by atoms with van der Waals surface area (Å²) in [7, 11) is 0. The Labute approximate surface area is 175 Å². The van der Waals surface area contributed by atoms with Gasteiger partial charge in [0.15, 0.2) is 11.0 Å². The number of thioether (sulfide) groups is 1. The van der Waals surface area contributed by atoms with Gasteiger partial charge in [0.2, 0.25) is 5.91 Å². The van der Waals surface area contributed by atoms with E-state index >= 15 is 0 Å². The lowest BCUT2D eigenvalue weighted by molar-refractivity contribution is -0.113. The summed E-state index contributed by atoms with van der Waals surface area (Å²) in [4.78, 5) is 12.3. The van der Waals surface area contributed by atoms with Crippen LogP contribution in [-0.2, 0) is 11.3 Å². The zero-order valence-electron chi connectivity index (χ0n) is 14.5. The largest absolute Gasteiger partial charge is 0.324 e. The van der Waals surface area contributed by atoms with E-state index in [1.54, 1.807) is 36.4 Å². The van der Waals surface area contributed by atoms with Crippen molar-refractivity contribution >= 4 is 46.6 Å². The van der Waals surface area contributed by atoms with Crippen molar-refractivity contribution < 1.29 is 9.18 Å². The predicted octanol–water partition coefficient (Wildman–Crippen LogP) is 5.31. The van der Waals surface area contributed by atoms with Crippen LogP contribution in [0.5, 0.6) is 0 Å². The van der Waals surface area contributed by atoms with Crippen LogP contribution in [-0.4, -0.2) is 26.4 Å². The van der Waals surface area contributed by atoms with Crippen LogP contribution in [0.25, 0.3) is 11.4 Å². The molecule has 0 fully saturated rings. The third kappa shape index (κ3) is 4.73. The highest BCUT2D eigenvalue weighted by atomic mass is 35.5. The number of halogens is 3. The summed E-state index contributed by atoms with van der Waals surface area (Å²) in [6, 6.07) is 11.0. The molecule has 0 bridgehead atoms. The summed E-state index contributed by atoms with van der Waals surface area (Å²) in [5.41, 5.74) is 1.16. The Morgan fingerprint density at radius 2 is 1.96 bits per heavy atom. The summed E-state index contributed by atoms with van der Waals surface area (Å²) in [5.74, 6) is 0.0810. The van der Waals surface area contributed by atoms with E-state index in [9.17, 15) is 9.18 Å². The number of rotatable bonds is 7. The quantitative estimate of drug-likeness (QED) is 0.402. The number of hydrogen-bond donors (Lipinski definition) is 1. The van der Waals surface area contributed by atoms with Gasteiger partial charge in [0.05, 0.1) is 21.5 Å². The molecule has 0 aliphatic heterocycles. The van der Waals surface area contributed by atoms with Crippen molar-refractivity contribution in [2.75, 3.05) is 11.1 Å². The average Bonchev–Trinajstić information content (AvgIpc) is 3.07. The van der Waals surface area contributed by atoms with Crippen LogP contribution in [0, 0.1) is 5.82 Å². The van der Waals surface area contributed by atoms with Crippen LogP contribution in [0.3, 0.4) is 0 Å². The van der Waals surface area contributed by atoms with Crippen LogP contribution >= 0.6 is 35.0 Å². The van der Waals surface area contributed by atoms with E-state index in [0.29, 0.717) is 28.2 Å². The van der Waals surface area contributed by atoms with Gasteiger partial charge in [-0.3, -0.25) is 9.36 Å². The molecule has 0 spiro atoms. The summed E-state index contributed by atoms with van der Waals surface area (Å²) < 4.78 is 15.0. The molecule has 3 aromatic rings. The molecule has 9 heteroatoms. The second-order valence-corrected chi connectivity index (χ2v) is 7.38. The van der Waals surface area contributed by atoms with Gasteiger partial charge in [0, 0.05) is 12.1 Å². The minimum absolute atomic E-state index is 0.0987. The fourth-order valence-electron chi connectivity index (χ4n) is 2.42. The Morgan fingerprint density at radius 3 is 2.68 bits per heavy atom. The van der Waals surface area contributed by atoms with E-state index in [1.807, 2.05) is 4.57 Å². The average molecular weight is 437 g/mol. The highest BCUT2D eigenvalue weighted by molar-refractivity contribution is 7.99. The second kappa shape index (κ2) is 9.23. The van der Waals surface area contributed by atoms with Crippen molar-refractivity contribution in [1.82, 2.24) is 14.8 Å². The zero-order chi connectivity index (χ0) is 20.1. The summed E-state index contributed by atoms with van der Waals surface area (Å²) in [5, 5.41) is 12.2. The van der Waals surface area contributed by atoms with E-state index in [2.05, 4.69) is 22.1 Å². The van der Waals surface area contributed by atoms with Crippen molar-refractivity contribution in [2.45, 2.75) is 11.7 Å². The van der Waals surface area contributed by atoms with Gasteiger partial charge in [-0.25, -0.2) is 4.39 Å². The normalized spacial score (nSPS) is 10.7. The number of carbonyl (C=O) groups is 1. The first-order valence-corrected chi connectivity index (χ1v) is 9.90. The van der Waals surface area contributed by atoms with Crippen molar-refractivity contribution in [2.24, 2.45) is 0 Å². The maximum Gasteiger partial charge on any atom is 0.234 e. The highest BCUT2D eigenvalue weighted by Gasteiger charge is 2.16. The van der Waals surface area contributed by atoms with Gasteiger partial charge >= 0.3 is 0 Å². The Hall–Kier alpha value is -2.35. The standard InChI is InChI=1S/C19H15Cl2FN4OS/c1-2-10-26-18(12-6-8-13(22)9-7-12)24-25-19(26)28-11-16(27)23-15-5-3-4-14(20)17(15)21/h2-9H,1,10-11H2,(H,23,27). The van der Waals surface area contributed by atoms with E-state index in [4.69, 9.17) is 23.2 Å². The molecule has 0 saturated carbocycles. The molecule has 144 valence electrons. The number of amides is 1. The predicted molar refractivity (Wildman–Crippen MR) is 111 cm³/mol. The molecule has 0 saturated heterocycles. The number of nitrogens with one attached hydrogen (secondary N) is 1. The van der Waals surface area contributed by atoms with Crippen LogP contribution < -0.4 is 5.32 Å². The second-order valence-electron chi connectivity index (χ2n) is 5.65. The van der Waals surface area contributed by atoms with Crippen molar-refractivity contribution in [3.63, 3.8) is 0 Å². The van der Waals surface area contributed by atoms with Crippen molar-refractivity contribution in [1.29, 1.82) is 0 Å². The first-order chi connectivity index (χ1) is 13.5. The van der Waals surface area contributed by atoms with Gasteiger partial charge in [-0.2, -0.15) is 0 Å². The molecular weight excluding hydrogens is 422 g/mol. The van der Waals surface area contributed by atoms with Crippen molar-refractivity contribution in [3.05, 3.63) is 71.0 Å². The molecule has 1 aromatic heterocycles. The minimum Gasteiger partial charge on any atom is -0.324 e. The molecule has 0 unspecified atom stereocenters. The van der Waals surface area contributed by atoms with Crippen LogP contribution in [0.15, 0.2) is 60.3 Å². The van der Waals surface area contributed by atoms with Gasteiger partial charge in [-0.1, -0.05) is 47.1 Å². The SMILES string of the molecule is C=CCn1c(SCC(=O)Nc2cccc(Cl)c2Cl)nnc1-c1ccc(F)cc1. The molecule has 0 aliphatic carbocycles. The number of allylic oxidation sites excluding steroid dienone is 1. The molecule has 5 nitrogen and oxygen atoms in total. The number of nitrogens with zero attached hydrogens (tertiary/aromatic N) is 3. The Morgan fingerprint density at radius 1 is 1.21 bits per heavy atom. The van der Waals surface area contributed by atoms with E-state index in [0.717, 1.165) is 5.56 Å². The van der Waals surface area contributed by atoms with Crippen LogP contribution in [0.2, 0.25) is 10.0 Å². The number of hydrogen-bond acceptors (Lipinski definition) is 4. The highest BCUT2D eigenvalue weighted by Crippen LogP contribution is 2.30. The Bertz CT molecular complexity index is 1010. The molecule has 0 radical (unpaired) electrons. The van der Waals surface area contributed by atoms with Crippen LogP contribution in [0.1, 0.15) is 0 Å². The van der Waals surface area contributed by atoms with Crippen molar-refractivity contribution in [3.8, 4) is 11.4 Å². The monoisotopic (exact) mass is 436 g/mol. The molecule has 1 heterocycles. The van der Waals surface area contributed by atoms with E-state index < -0.39 is 0 Å². The molecule has 3 rings (SSSR count). The summed E-state index contributed by atoms with van der Waals surface area (Å²) in [6.45, 7) is 4.19. The molecule has 1 N–H and O–H groups in total. The third-order valence-electron chi connectivity index (χ3n) is 3.69. The molecule has 2 aromatic carbocycles. The minimum atomic E-state index is -0.329. The maximum atomic E-state index is 13.2. The lowest BCUT2D eigenvalue weighted by Gasteiger charge is -2.09. The number of aromatic nitrogens is 3.